The number of nitrogens with zero attached hydrogens (tertiary/aromatic N) is 3. The Morgan fingerprint density at radius 3 is 2.83 bits per heavy atom. The van der Waals surface area contributed by atoms with Gasteiger partial charge in [-0.3, -0.25) is 0 Å². The number of carboxylic acids is 1. The Hall–Kier alpha value is -3.95. The van der Waals surface area contributed by atoms with E-state index < -0.39 is 11.9 Å². The summed E-state index contributed by atoms with van der Waals surface area (Å²) in [5.41, 5.74) is 3.19. The van der Waals surface area contributed by atoms with Crippen molar-refractivity contribution in [2.24, 2.45) is 0 Å². The molecule has 2 N–H and O–H groups in total. The van der Waals surface area contributed by atoms with Gasteiger partial charge in [0.25, 0.3) is 0 Å². The summed E-state index contributed by atoms with van der Waals surface area (Å²) < 4.78 is 15.5. The lowest BCUT2D eigenvalue weighted by molar-refractivity contribution is 0.0477. The van der Waals surface area contributed by atoms with Crippen molar-refractivity contribution in [3.8, 4) is 17.1 Å². The fraction of sp³-hybridized carbons (Fsp3) is 0.250. The maximum Gasteiger partial charge on any atom is 0.377 e. The van der Waals surface area contributed by atoms with Gasteiger partial charge in [-0.1, -0.05) is 5.16 Å². The van der Waals surface area contributed by atoms with Gasteiger partial charge in [0.05, 0.1) is 25.0 Å². The number of aryl methyl sites for hydroxylation is 1. The van der Waals surface area contributed by atoms with Gasteiger partial charge in [0.1, 0.15) is 17.1 Å². The van der Waals surface area contributed by atoms with Gasteiger partial charge in [-0.05, 0) is 43.5 Å². The van der Waals surface area contributed by atoms with Crippen LogP contribution in [-0.2, 0) is 17.6 Å². The van der Waals surface area contributed by atoms with Crippen molar-refractivity contribution >= 4 is 23.6 Å². The van der Waals surface area contributed by atoms with Crippen molar-refractivity contribution in [2.45, 2.75) is 19.8 Å². The molecule has 0 unspecified atom stereocenters. The van der Waals surface area contributed by atoms with E-state index in [1.54, 1.807) is 19.2 Å². The third-order valence-electron chi connectivity index (χ3n) is 4.68. The number of carbonyl (C=O) groups excluding carboxylic acids is 1. The molecule has 0 aliphatic heterocycles. The Labute approximate surface area is 170 Å². The number of carbonyl (C=O) groups is 2. The number of aromatic nitrogens is 3. The number of nitrogens with one attached hydrogen (secondary N) is 1. The summed E-state index contributed by atoms with van der Waals surface area (Å²) in [4.78, 5) is 32.1. The van der Waals surface area contributed by atoms with E-state index in [4.69, 9.17) is 19.1 Å². The van der Waals surface area contributed by atoms with E-state index in [2.05, 4.69) is 20.4 Å². The number of aromatic carboxylic acids is 1. The molecule has 1 aromatic carbocycles. The second-order valence-electron chi connectivity index (χ2n) is 6.47. The van der Waals surface area contributed by atoms with Crippen LogP contribution in [0, 0.1) is 0 Å². The van der Waals surface area contributed by atoms with E-state index in [0.29, 0.717) is 41.2 Å². The number of ether oxygens (including phenoxy) is 2. The Balaban J connectivity index is 1.67. The standard InChI is InChI=1S/C20H18N4O6/c1-3-29-19(27)17-12-6-4-11-9-21-20(23-15(11)16(12)24-30-17)22-13-7-5-10(18(25)26)8-14(13)28-2/h5,7-9H,3-4,6H2,1-2H3,(H,25,26)(H,21,22,23). The average molecular weight is 410 g/mol. The predicted octanol–water partition coefficient (Wildman–Crippen LogP) is 2.86. The van der Waals surface area contributed by atoms with Gasteiger partial charge in [0, 0.05) is 11.8 Å². The zero-order valence-electron chi connectivity index (χ0n) is 16.3. The van der Waals surface area contributed by atoms with E-state index in [-0.39, 0.29) is 23.9 Å². The first-order chi connectivity index (χ1) is 14.5. The van der Waals surface area contributed by atoms with Crippen LogP contribution < -0.4 is 10.1 Å². The molecular weight excluding hydrogens is 392 g/mol. The summed E-state index contributed by atoms with van der Waals surface area (Å²) >= 11 is 0. The number of methoxy groups -OCH3 is 1. The highest BCUT2D eigenvalue weighted by molar-refractivity contribution is 5.91. The summed E-state index contributed by atoms with van der Waals surface area (Å²) in [5.74, 6) is -0.908. The maximum atomic E-state index is 12.1. The quantitative estimate of drug-likeness (QED) is 0.584. The van der Waals surface area contributed by atoms with Crippen molar-refractivity contribution < 1.29 is 28.7 Å². The van der Waals surface area contributed by atoms with Gasteiger partial charge in [0.15, 0.2) is 0 Å². The van der Waals surface area contributed by atoms with Crippen LogP contribution in [-0.4, -0.2) is 45.9 Å². The molecule has 1 aliphatic carbocycles. The van der Waals surface area contributed by atoms with Crippen LogP contribution in [0.1, 0.15) is 39.0 Å². The first-order valence-corrected chi connectivity index (χ1v) is 9.22. The molecule has 4 rings (SSSR count). The lowest BCUT2D eigenvalue weighted by atomic mass is 9.94. The van der Waals surface area contributed by atoms with E-state index >= 15 is 0 Å². The molecule has 0 saturated heterocycles. The predicted molar refractivity (Wildman–Crippen MR) is 104 cm³/mol. The average Bonchev–Trinajstić information content (AvgIpc) is 3.19. The van der Waals surface area contributed by atoms with Crippen molar-refractivity contribution in [1.29, 1.82) is 0 Å². The molecule has 10 nitrogen and oxygen atoms in total. The first-order valence-electron chi connectivity index (χ1n) is 9.22. The van der Waals surface area contributed by atoms with E-state index in [1.165, 1.54) is 19.2 Å². The topological polar surface area (TPSA) is 137 Å². The van der Waals surface area contributed by atoms with Gasteiger partial charge >= 0.3 is 11.9 Å². The number of fused-ring (bicyclic) bond motifs is 3. The van der Waals surface area contributed by atoms with Gasteiger partial charge in [-0.15, -0.1) is 0 Å². The lowest BCUT2D eigenvalue weighted by Crippen LogP contribution is -2.12. The number of esters is 1. The molecule has 2 aromatic heterocycles. The fourth-order valence-corrected chi connectivity index (χ4v) is 3.25. The smallest absolute Gasteiger partial charge is 0.377 e. The zero-order chi connectivity index (χ0) is 21.3. The molecule has 0 fully saturated rings. The normalized spacial score (nSPS) is 11.9. The van der Waals surface area contributed by atoms with Crippen LogP contribution in [0.25, 0.3) is 11.4 Å². The van der Waals surface area contributed by atoms with Crippen LogP contribution in [0.3, 0.4) is 0 Å². The van der Waals surface area contributed by atoms with Gasteiger partial charge in [-0.25, -0.2) is 19.6 Å². The SMILES string of the molecule is CCOC(=O)c1onc2c1CCc1cnc(Nc3ccc(C(=O)O)cc3OC)nc1-2. The molecule has 3 aromatic rings. The summed E-state index contributed by atoms with van der Waals surface area (Å²) in [6, 6.07) is 4.43. The van der Waals surface area contributed by atoms with Crippen LogP contribution in [0.5, 0.6) is 5.75 Å². The summed E-state index contributed by atoms with van der Waals surface area (Å²) in [6.07, 6.45) is 2.89. The van der Waals surface area contributed by atoms with Crippen molar-refractivity contribution in [3.05, 3.63) is 46.8 Å². The lowest BCUT2D eigenvalue weighted by Gasteiger charge is -2.16. The molecule has 1 aliphatic rings. The Morgan fingerprint density at radius 2 is 2.10 bits per heavy atom. The van der Waals surface area contributed by atoms with Crippen LogP contribution >= 0.6 is 0 Å². The number of hydrogen-bond acceptors (Lipinski definition) is 9. The third-order valence-corrected chi connectivity index (χ3v) is 4.68. The van der Waals surface area contributed by atoms with E-state index in [9.17, 15) is 9.59 Å². The minimum atomic E-state index is -1.05. The molecule has 0 amide bonds. The highest BCUT2D eigenvalue weighted by atomic mass is 16.6. The van der Waals surface area contributed by atoms with Crippen LogP contribution in [0.2, 0.25) is 0 Å². The van der Waals surface area contributed by atoms with Crippen molar-refractivity contribution in [1.82, 2.24) is 15.1 Å². The van der Waals surface area contributed by atoms with Crippen LogP contribution in [0.4, 0.5) is 11.6 Å². The van der Waals surface area contributed by atoms with Gasteiger partial charge in [-0.2, -0.15) is 0 Å². The van der Waals surface area contributed by atoms with E-state index in [1.807, 2.05) is 0 Å². The van der Waals surface area contributed by atoms with Gasteiger partial charge in [0.2, 0.25) is 11.7 Å². The first kappa shape index (κ1) is 19.4. The number of rotatable bonds is 6. The Morgan fingerprint density at radius 1 is 1.27 bits per heavy atom. The zero-order valence-corrected chi connectivity index (χ0v) is 16.3. The minimum Gasteiger partial charge on any atom is -0.495 e. The maximum absolute atomic E-state index is 12.1. The second kappa shape index (κ2) is 7.82. The van der Waals surface area contributed by atoms with Gasteiger partial charge < -0.3 is 24.4 Å². The monoisotopic (exact) mass is 410 g/mol. The molecule has 154 valence electrons. The Kier molecular flexibility index (Phi) is 5.05. The molecule has 0 atom stereocenters. The van der Waals surface area contributed by atoms with E-state index in [0.717, 1.165) is 5.56 Å². The molecular formula is C20H18N4O6. The Bertz CT molecular complexity index is 1140. The molecule has 2 heterocycles. The molecule has 0 bridgehead atoms. The molecule has 0 radical (unpaired) electrons. The number of hydrogen-bond donors (Lipinski definition) is 2. The summed E-state index contributed by atoms with van der Waals surface area (Å²) in [7, 11) is 1.44. The van der Waals surface area contributed by atoms with Crippen LogP contribution in [0.15, 0.2) is 28.9 Å². The second-order valence-corrected chi connectivity index (χ2v) is 6.47. The van der Waals surface area contributed by atoms with Crippen molar-refractivity contribution in [3.63, 3.8) is 0 Å². The highest BCUT2D eigenvalue weighted by Gasteiger charge is 2.30. The summed E-state index contributed by atoms with van der Waals surface area (Å²) in [6.45, 7) is 1.96. The van der Waals surface area contributed by atoms with Crippen molar-refractivity contribution in [2.75, 3.05) is 19.0 Å². The number of anilines is 2. The number of carboxylic acid groups (broad SMARTS) is 1. The number of benzene rings is 1. The largest absolute Gasteiger partial charge is 0.495 e. The molecule has 0 saturated carbocycles. The molecule has 10 heteroatoms. The minimum absolute atomic E-state index is 0.0940. The summed E-state index contributed by atoms with van der Waals surface area (Å²) in [5, 5.41) is 16.2. The molecule has 0 spiro atoms. The molecule has 30 heavy (non-hydrogen) atoms. The third kappa shape index (κ3) is 3.43. The highest BCUT2D eigenvalue weighted by Crippen LogP contribution is 2.35. The fourth-order valence-electron chi connectivity index (χ4n) is 3.25.